The maximum absolute atomic E-state index is 5.70. The standard InChI is InChI=1S/C13H17BrO/c1-3-5-10-15-13(4-2)11-6-8-12(14)9-7-11/h4,6-9H,3,5,10H2,1-2H3. The van der Waals surface area contributed by atoms with E-state index in [1.807, 2.05) is 25.1 Å². The second kappa shape index (κ2) is 6.67. The van der Waals surface area contributed by atoms with Gasteiger partial charge in [0, 0.05) is 10.0 Å². The molecule has 0 aliphatic carbocycles. The van der Waals surface area contributed by atoms with Crippen molar-refractivity contribution in [1.29, 1.82) is 0 Å². The van der Waals surface area contributed by atoms with Crippen molar-refractivity contribution < 1.29 is 4.74 Å². The van der Waals surface area contributed by atoms with Crippen molar-refractivity contribution in [2.75, 3.05) is 6.61 Å². The number of unbranched alkanes of at least 4 members (excludes halogenated alkanes) is 1. The van der Waals surface area contributed by atoms with E-state index in [-0.39, 0.29) is 0 Å². The van der Waals surface area contributed by atoms with E-state index in [2.05, 4.69) is 35.0 Å². The van der Waals surface area contributed by atoms with E-state index in [1.165, 1.54) is 0 Å². The molecule has 0 N–H and O–H groups in total. The van der Waals surface area contributed by atoms with E-state index in [0.717, 1.165) is 35.2 Å². The van der Waals surface area contributed by atoms with Gasteiger partial charge in [-0.3, -0.25) is 0 Å². The van der Waals surface area contributed by atoms with Gasteiger partial charge in [-0.15, -0.1) is 0 Å². The molecule has 0 unspecified atom stereocenters. The Morgan fingerprint density at radius 3 is 2.53 bits per heavy atom. The zero-order chi connectivity index (χ0) is 11.1. The van der Waals surface area contributed by atoms with Crippen LogP contribution in [-0.2, 0) is 4.74 Å². The predicted molar refractivity (Wildman–Crippen MR) is 68.7 cm³/mol. The molecule has 1 nitrogen and oxygen atoms in total. The number of rotatable bonds is 5. The molecule has 0 fully saturated rings. The van der Waals surface area contributed by atoms with Crippen LogP contribution in [0.1, 0.15) is 32.3 Å². The molecule has 1 aromatic rings. The lowest BCUT2D eigenvalue weighted by Gasteiger charge is -2.09. The Balaban J connectivity index is 2.63. The largest absolute Gasteiger partial charge is 0.493 e. The van der Waals surface area contributed by atoms with Gasteiger partial charge in [0.05, 0.1) is 6.61 Å². The smallest absolute Gasteiger partial charge is 0.122 e. The van der Waals surface area contributed by atoms with Crippen LogP contribution in [0.3, 0.4) is 0 Å². The molecule has 82 valence electrons. The third-order valence-electron chi connectivity index (χ3n) is 2.15. The normalized spacial score (nSPS) is 11.5. The molecule has 1 rings (SSSR count). The van der Waals surface area contributed by atoms with Gasteiger partial charge in [-0.2, -0.15) is 0 Å². The lowest BCUT2D eigenvalue weighted by Crippen LogP contribution is -1.94. The first-order valence-corrected chi connectivity index (χ1v) is 6.12. The van der Waals surface area contributed by atoms with E-state index in [4.69, 9.17) is 4.74 Å². The molecule has 0 heterocycles. The first-order valence-electron chi connectivity index (χ1n) is 5.33. The first kappa shape index (κ1) is 12.3. The van der Waals surface area contributed by atoms with Crippen molar-refractivity contribution in [2.24, 2.45) is 0 Å². The Hall–Kier alpha value is -0.760. The van der Waals surface area contributed by atoms with Gasteiger partial charge in [0.2, 0.25) is 0 Å². The van der Waals surface area contributed by atoms with Crippen LogP contribution in [0.2, 0.25) is 0 Å². The minimum absolute atomic E-state index is 0.798. The molecular formula is C13H17BrO. The average molecular weight is 269 g/mol. The van der Waals surface area contributed by atoms with Crippen LogP contribution >= 0.6 is 15.9 Å². The second-order valence-electron chi connectivity index (χ2n) is 3.36. The van der Waals surface area contributed by atoms with Crippen molar-refractivity contribution in [1.82, 2.24) is 0 Å². The second-order valence-corrected chi connectivity index (χ2v) is 4.28. The van der Waals surface area contributed by atoms with Gasteiger partial charge in [0.25, 0.3) is 0 Å². The summed E-state index contributed by atoms with van der Waals surface area (Å²) in [7, 11) is 0. The molecule has 0 spiro atoms. The molecule has 0 aliphatic rings. The maximum atomic E-state index is 5.70. The van der Waals surface area contributed by atoms with Gasteiger partial charge >= 0.3 is 0 Å². The van der Waals surface area contributed by atoms with Crippen LogP contribution in [0.5, 0.6) is 0 Å². The minimum Gasteiger partial charge on any atom is -0.493 e. The maximum Gasteiger partial charge on any atom is 0.122 e. The van der Waals surface area contributed by atoms with Crippen molar-refractivity contribution in [3.05, 3.63) is 40.4 Å². The summed E-state index contributed by atoms with van der Waals surface area (Å²) in [6.45, 7) is 4.97. The third-order valence-corrected chi connectivity index (χ3v) is 2.68. The number of hydrogen-bond acceptors (Lipinski definition) is 1. The summed E-state index contributed by atoms with van der Waals surface area (Å²) in [5, 5.41) is 0. The number of hydrogen-bond donors (Lipinski definition) is 0. The molecule has 15 heavy (non-hydrogen) atoms. The molecule has 2 heteroatoms. The first-order chi connectivity index (χ1) is 7.27. The van der Waals surface area contributed by atoms with E-state index >= 15 is 0 Å². The molecule has 0 bridgehead atoms. The average Bonchev–Trinajstić information content (AvgIpc) is 2.26. The Bertz CT molecular complexity index is 314. The molecule has 0 aromatic heterocycles. The SMILES string of the molecule is CC=C(OCCCC)c1ccc(Br)cc1. The van der Waals surface area contributed by atoms with Crippen LogP contribution in [0.4, 0.5) is 0 Å². The van der Waals surface area contributed by atoms with Crippen molar-refractivity contribution >= 4 is 21.7 Å². The highest BCUT2D eigenvalue weighted by atomic mass is 79.9. The molecule has 1 aromatic carbocycles. The third kappa shape index (κ3) is 4.08. The van der Waals surface area contributed by atoms with Crippen LogP contribution in [-0.4, -0.2) is 6.61 Å². The van der Waals surface area contributed by atoms with Crippen molar-refractivity contribution in [2.45, 2.75) is 26.7 Å². The van der Waals surface area contributed by atoms with Gasteiger partial charge in [-0.1, -0.05) is 41.4 Å². The molecule has 0 amide bonds. The molecule has 0 saturated carbocycles. The topological polar surface area (TPSA) is 9.23 Å². The van der Waals surface area contributed by atoms with Gasteiger partial charge in [-0.05, 0) is 31.6 Å². The number of ether oxygens (including phenoxy) is 1. The Morgan fingerprint density at radius 2 is 2.00 bits per heavy atom. The van der Waals surface area contributed by atoms with Crippen LogP contribution in [0.15, 0.2) is 34.8 Å². The number of benzene rings is 1. The molecule has 0 radical (unpaired) electrons. The summed E-state index contributed by atoms with van der Waals surface area (Å²) < 4.78 is 6.80. The van der Waals surface area contributed by atoms with Crippen LogP contribution in [0, 0.1) is 0 Å². The Morgan fingerprint density at radius 1 is 1.33 bits per heavy atom. The lowest BCUT2D eigenvalue weighted by molar-refractivity contribution is 0.270. The summed E-state index contributed by atoms with van der Waals surface area (Å²) in [6.07, 6.45) is 4.28. The zero-order valence-corrected chi connectivity index (χ0v) is 10.9. The molecule has 0 atom stereocenters. The van der Waals surface area contributed by atoms with Crippen LogP contribution < -0.4 is 0 Å². The number of allylic oxidation sites excluding steroid dienone is 1. The van der Waals surface area contributed by atoms with Gasteiger partial charge in [0.1, 0.15) is 5.76 Å². The Kier molecular flexibility index (Phi) is 5.48. The fraction of sp³-hybridized carbons (Fsp3) is 0.385. The van der Waals surface area contributed by atoms with Crippen molar-refractivity contribution in [3.63, 3.8) is 0 Å². The molecule has 0 aliphatic heterocycles. The summed E-state index contributed by atoms with van der Waals surface area (Å²) in [5.74, 6) is 0.968. The summed E-state index contributed by atoms with van der Waals surface area (Å²) in [5.41, 5.74) is 1.14. The number of halogens is 1. The van der Waals surface area contributed by atoms with E-state index in [0.29, 0.717) is 0 Å². The van der Waals surface area contributed by atoms with Gasteiger partial charge in [-0.25, -0.2) is 0 Å². The van der Waals surface area contributed by atoms with E-state index in [9.17, 15) is 0 Å². The van der Waals surface area contributed by atoms with E-state index < -0.39 is 0 Å². The lowest BCUT2D eigenvalue weighted by atomic mass is 10.2. The zero-order valence-electron chi connectivity index (χ0n) is 9.29. The molecule has 0 saturated heterocycles. The monoisotopic (exact) mass is 268 g/mol. The van der Waals surface area contributed by atoms with Crippen molar-refractivity contribution in [3.8, 4) is 0 Å². The van der Waals surface area contributed by atoms with Crippen LogP contribution in [0.25, 0.3) is 5.76 Å². The highest BCUT2D eigenvalue weighted by Crippen LogP contribution is 2.19. The van der Waals surface area contributed by atoms with Gasteiger partial charge < -0.3 is 4.74 Å². The fourth-order valence-electron chi connectivity index (χ4n) is 1.27. The Labute approximate surface area is 100 Å². The van der Waals surface area contributed by atoms with E-state index in [1.54, 1.807) is 0 Å². The van der Waals surface area contributed by atoms with Gasteiger partial charge in [0.15, 0.2) is 0 Å². The minimum atomic E-state index is 0.798. The predicted octanol–water partition coefficient (Wildman–Crippen LogP) is 4.63. The fourth-order valence-corrected chi connectivity index (χ4v) is 1.54. The summed E-state index contributed by atoms with van der Waals surface area (Å²) in [4.78, 5) is 0. The highest BCUT2D eigenvalue weighted by Gasteiger charge is 2.00. The highest BCUT2D eigenvalue weighted by molar-refractivity contribution is 9.10. The summed E-state index contributed by atoms with van der Waals surface area (Å²) in [6, 6.07) is 8.18. The summed E-state index contributed by atoms with van der Waals surface area (Å²) >= 11 is 3.42. The molecular weight excluding hydrogens is 252 g/mol. The quantitative estimate of drug-likeness (QED) is 0.559.